The molecule has 106 valence electrons. The number of amides is 3. The number of halogens is 1. The third-order valence-electron chi connectivity index (χ3n) is 2.99. The van der Waals surface area contributed by atoms with Crippen LogP contribution in [-0.2, 0) is 4.79 Å². The molecule has 0 fully saturated rings. The maximum absolute atomic E-state index is 12.2. The van der Waals surface area contributed by atoms with E-state index in [1.54, 1.807) is 6.07 Å². The largest absolute Gasteiger partial charge is 0.391 e. The van der Waals surface area contributed by atoms with Crippen LogP contribution in [0.1, 0.15) is 27.6 Å². The van der Waals surface area contributed by atoms with Crippen LogP contribution in [0.2, 0.25) is 0 Å². The molecule has 0 saturated carbocycles. The van der Waals surface area contributed by atoms with Gasteiger partial charge in [-0.15, -0.1) is 0 Å². The first-order chi connectivity index (χ1) is 9.38. The van der Waals surface area contributed by atoms with Crippen molar-refractivity contribution < 1.29 is 24.7 Å². The van der Waals surface area contributed by atoms with Crippen LogP contribution in [-0.4, -0.2) is 45.1 Å². The van der Waals surface area contributed by atoms with Crippen molar-refractivity contribution in [1.29, 1.82) is 0 Å². The summed E-state index contributed by atoms with van der Waals surface area (Å²) in [7, 11) is 0. The van der Waals surface area contributed by atoms with Crippen molar-refractivity contribution in [2.24, 2.45) is 0 Å². The Bertz CT molecular complexity index is 602. The van der Waals surface area contributed by atoms with Crippen molar-refractivity contribution in [3.8, 4) is 0 Å². The number of aliphatic hydroxyl groups is 1. The first-order valence-corrected chi connectivity index (χ1v) is 6.47. The molecule has 20 heavy (non-hydrogen) atoms. The molecule has 7 nitrogen and oxygen atoms in total. The number of hydrogen-bond donors (Lipinski definition) is 3. The molecule has 1 aromatic rings. The average molecular weight is 343 g/mol. The average Bonchev–Trinajstić information content (AvgIpc) is 2.63. The number of carbonyl (C=O) groups excluding carboxylic acids is 3. The van der Waals surface area contributed by atoms with E-state index >= 15 is 0 Å². The van der Waals surface area contributed by atoms with Crippen molar-refractivity contribution in [3.05, 3.63) is 33.8 Å². The van der Waals surface area contributed by atoms with Crippen LogP contribution in [0.25, 0.3) is 0 Å². The SMILES string of the molecule is CC(O)C(C(=O)NO)N1C(=O)c2ccc(Br)cc2C1=O. The summed E-state index contributed by atoms with van der Waals surface area (Å²) in [4.78, 5) is 36.7. The first-order valence-electron chi connectivity index (χ1n) is 5.68. The summed E-state index contributed by atoms with van der Waals surface area (Å²) in [5.74, 6) is -2.42. The van der Waals surface area contributed by atoms with Crippen molar-refractivity contribution >= 4 is 33.7 Å². The van der Waals surface area contributed by atoms with Gasteiger partial charge in [0.2, 0.25) is 0 Å². The Morgan fingerprint density at radius 3 is 2.45 bits per heavy atom. The fraction of sp³-hybridized carbons (Fsp3) is 0.250. The number of hydrogen-bond acceptors (Lipinski definition) is 5. The molecule has 3 N–H and O–H groups in total. The van der Waals surface area contributed by atoms with E-state index in [4.69, 9.17) is 5.21 Å². The molecule has 2 unspecified atom stereocenters. The highest BCUT2D eigenvalue weighted by molar-refractivity contribution is 9.10. The van der Waals surface area contributed by atoms with Gasteiger partial charge in [-0.2, -0.15) is 0 Å². The van der Waals surface area contributed by atoms with Crippen LogP contribution in [0.15, 0.2) is 22.7 Å². The summed E-state index contributed by atoms with van der Waals surface area (Å²) in [6.07, 6.45) is -1.33. The number of rotatable bonds is 3. The molecule has 0 radical (unpaired) electrons. The van der Waals surface area contributed by atoms with E-state index in [0.717, 1.165) is 0 Å². The Kier molecular flexibility index (Phi) is 3.89. The molecule has 1 aromatic carbocycles. The lowest BCUT2D eigenvalue weighted by Gasteiger charge is -2.26. The first kappa shape index (κ1) is 14.6. The van der Waals surface area contributed by atoms with Crippen LogP contribution in [0.5, 0.6) is 0 Å². The molecule has 3 amide bonds. The molecular formula is C12H11BrN2O5. The van der Waals surface area contributed by atoms with Gasteiger partial charge in [0.15, 0.2) is 0 Å². The minimum atomic E-state index is -1.49. The second-order valence-corrected chi connectivity index (χ2v) is 5.25. The standard InChI is InChI=1S/C12H11BrN2O5/c1-5(16)9(10(17)14-20)15-11(18)7-3-2-6(13)4-8(7)12(15)19/h2-5,9,16,20H,1H3,(H,14,17). The smallest absolute Gasteiger partial charge is 0.269 e. The summed E-state index contributed by atoms with van der Waals surface area (Å²) < 4.78 is 0.611. The van der Waals surface area contributed by atoms with Crippen LogP contribution in [0.3, 0.4) is 0 Å². The van der Waals surface area contributed by atoms with Crippen molar-refractivity contribution in [3.63, 3.8) is 0 Å². The molecule has 0 spiro atoms. The monoisotopic (exact) mass is 342 g/mol. The van der Waals surface area contributed by atoms with Crippen LogP contribution >= 0.6 is 15.9 Å². The molecule has 2 atom stereocenters. The molecule has 1 aliphatic rings. The molecule has 2 rings (SSSR count). The molecule has 0 bridgehead atoms. The Labute approximate surface area is 122 Å². The second-order valence-electron chi connectivity index (χ2n) is 4.33. The van der Waals surface area contributed by atoms with E-state index < -0.39 is 29.9 Å². The lowest BCUT2D eigenvalue weighted by molar-refractivity contribution is -0.136. The van der Waals surface area contributed by atoms with E-state index in [1.807, 2.05) is 0 Å². The van der Waals surface area contributed by atoms with Crippen molar-refractivity contribution in [2.75, 3.05) is 0 Å². The maximum Gasteiger partial charge on any atom is 0.269 e. The minimum absolute atomic E-state index is 0.140. The Morgan fingerprint density at radius 1 is 1.30 bits per heavy atom. The van der Waals surface area contributed by atoms with Gasteiger partial charge >= 0.3 is 0 Å². The third-order valence-corrected chi connectivity index (χ3v) is 3.49. The van der Waals surface area contributed by atoms with Gasteiger partial charge < -0.3 is 5.11 Å². The number of nitrogens with zero attached hydrogens (tertiary/aromatic N) is 1. The van der Waals surface area contributed by atoms with Gasteiger partial charge in [0.25, 0.3) is 17.7 Å². The van der Waals surface area contributed by atoms with Crippen LogP contribution in [0, 0.1) is 0 Å². The molecular weight excluding hydrogens is 332 g/mol. The van der Waals surface area contributed by atoms with Gasteiger partial charge in [0.05, 0.1) is 17.2 Å². The Hall–Kier alpha value is -1.77. The summed E-state index contributed by atoms with van der Waals surface area (Å²) >= 11 is 3.19. The zero-order chi connectivity index (χ0) is 15.0. The molecule has 0 aromatic heterocycles. The lowest BCUT2D eigenvalue weighted by Crippen LogP contribution is -2.54. The number of aliphatic hydroxyl groups excluding tert-OH is 1. The fourth-order valence-electron chi connectivity index (χ4n) is 2.10. The van der Waals surface area contributed by atoms with Gasteiger partial charge in [-0.3, -0.25) is 24.5 Å². The molecule has 8 heteroatoms. The number of hydroxylamine groups is 1. The zero-order valence-corrected chi connectivity index (χ0v) is 11.9. The molecule has 0 saturated heterocycles. The number of carbonyl (C=O) groups is 3. The summed E-state index contributed by atoms with van der Waals surface area (Å²) in [5, 5.41) is 18.3. The fourth-order valence-corrected chi connectivity index (χ4v) is 2.46. The Morgan fingerprint density at radius 2 is 1.90 bits per heavy atom. The summed E-state index contributed by atoms with van der Waals surface area (Å²) in [5.41, 5.74) is 1.64. The highest BCUT2D eigenvalue weighted by atomic mass is 79.9. The normalized spacial score (nSPS) is 16.9. The molecule has 0 aliphatic carbocycles. The summed E-state index contributed by atoms with van der Waals surface area (Å²) in [6.45, 7) is 1.25. The Balaban J connectivity index is 2.48. The zero-order valence-electron chi connectivity index (χ0n) is 10.3. The highest BCUT2D eigenvalue weighted by Crippen LogP contribution is 2.28. The second kappa shape index (κ2) is 5.31. The third kappa shape index (κ3) is 2.21. The maximum atomic E-state index is 12.2. The van der Waals surface area contributed by atoms with Crippen LogP contribution in [0.4, 0.5) is 0 Å². The lowest BCUT2D eigenvalue weighted by atomic mass is 10.1. The van der Waals surface area contributed by atoms with Crippen molar-refractivity contribution in [1.82, 2.24) is 10.4 Å². The molecule has 1 aliphatic heterocycles. The van der Waals surface area contributed by atoms with Gasteiger partial charge in [-0.25, -0.2) is 5.48 Å². The number of fused-ring (bicyclic) bond motifs is 1. The quantitative estimate of drug-likeness (QED) is 0.416. The predicted octanol–water partition coefficient (Wildman–Crippen LogP) is 0.300. The van der Waals surface area contributed by atoms with E-state index in [-0.39, 0.29) is 11.1 Å². The molecule has 1 heterocycles. The van der Waals surface area contributed by atoms with E-state index in [1.165, 1.54) is 24.5 Å². The van der Waals surface area contributed by atoms with E-state index in [9.17, 15) is 19.5 Å². The van der Waals surface area contributed by atoms with Gasteiger partial charge in [0.1, 0.15) is 6.04 Å². The van der Waals surface area contributed by atoms with Gasteiger partial charge in [0, 0.05) is 4.47 Å². The van der Waals surface area contributed by atoms with E-state index in [2.05, 4.69) is 15.9 Å². The number of benzene rings is 1. The minimum Gasteiger partial charge on any atom is -0.391 e. The van der Waals surface area contributed by atoms with Gasteiger partial charge in [-0.05, 0) is 25.1 Å². The number of nitrogens with one attached hydrogen (secondary N) is 1. The highest BCUT2D eigenvalue weighted by Gasteiger charge is 2.44. The predicted molar refractivity (Wildman–Crippen MR) is 70.0 cm³/mol. The summed E-state index contributed by atoms with van der Waals surface area (Å²) in [6, 6.07) is 3.02. The van der Waals surface area contributed by atoms with Crippen molar-refractivity contribution in [2.45, 2.75) is 19.1 Å². The van der Waals surface area contributed by atoms with Gasteiger partial charge in [-0.1, -0.05) is 15.9 Å². The van der Waals surface area contributed by atoms with Crippen LogP contribution < -0.4 is 5.48 Å². The number of imide groups is 1. The topological polar surface area (TPSA) is 107 Å². The van der Waals surface area contributed by atoms with E-state index in [0.29, 0.717) is 9.37 Å².